The van der Waals surface area contributed by atoms with Gasteiger partial charge in [-0.3, -0.25) is 4.79 Å². The van der Waals surface area contributed by atoms with Gasteiger partial charge in [0, 0.05) is 30.4 Å². The fourth-order valence-corrected chi connectivity index (χ4v) is 4.01. The van der Waals surface area contributed by atoms with Gasteiger partial charge in [0.2, 0.25) is 0 Å². The number of hydrogen-bond acceptors (Lipinski definition) is 8. The van der Waals surface area contributed by atoms with Gasteiger partial charge in [0.05, 0.1) is 48.2 Å². The summed E-state index contributed by atoms with van der Waals surface area (Å²) in [6.07, 6.45) is 2.09. The zero-order valence-electron chi connectivity index (χ0n) is 18.0. The van der Waals surface area contributed by atoms with Crippen LogP contribution in [0.2, 0.25) is 0 Å². The third-order valence-electron chi connectivity index (χ3n) is 5.91. The van der Waals surface area contributed by atoms with Gasteiger partial charge >= 0.3 is 5.97 Å². The molecule has 1 aliphatic carbocycles. The molecule has 0 spiro atoms. The molecule has 0 bridgehead atoms. The van der Waals surface area contributed by atoms with E-state index in [4.69, 9.17) is 14.0 Å². The second-order valence-electron chi connectivity index (χ2n) is 8.09. The average molecular weight is 436 g/mol. The van der Waals surface area contributed by atoms with Crippen molar-refractivity contribution in [2.24, 2.45) is 0 Å². The van der Waals surface area contributed by atoms with Crippen LogP contribution in [0.15, 0.2) is 28.8 Å². The Hall–Kier alpha value is -3.46. The number of methoxy groups -OCH3 is 1. The number of hydrogen-bond donors (Lipinski definition) is 1. The second-order valence-corrected chi connectivity index (χ2v) is 8.09. The van der Waals surface area contributed by atoms with E-state index in [1.165, 1.54) is 7.11 Å². The highest BCUT2D eigenvalue weighted by Crippen LogP contribution is 2.40. The molecule has 5 rings (SSSR count). The van der Waals surface area contributed by atoms with Crippen LogP contribution in [-0.4, -0.2) is 55.4 Å². The molecule has 2 aliphatic rings. The molecule has 3 heterocycles. The lowest BCUT2D eigenvalue weighted by atomic mass is 10.1. The van der Waals surface area contributed by atoms with Crippen LogP contribution in [0.3, 0.4) is 0 Å². The van der Waals surface area contributed by atoms with Crippen molar-refractivity contribution in [3.05, 3.63) is 46.8 Å². The van der Waals surface area contributed by atoms with E-state index in [1.807, 2.05) is 6.07 Å². The third kappa shape index (κ3) is 3.80. The zero-order chi connectivity index (χ0) is 22.2. The molecule has 1 aliphatic heterocycles. The van der Waals surface area contributed by atoms with Gasteiger partial charge in [-0.1, -0.05) is 5.16 Å². The van der Waals surface area contributed by atoms with Gasteiger partial charge in [-0.15, -0.1) is 0 Å². The highest BCUT2D eigenvalue weighted by atomic mass is 16.5. The minimum atomic E-state index is -0.518. The average Bonchev–Trinajstić information content (AvgIpc) is 3.61. The number of aryl methyl sites for hydroxylation is 1. The standard InChI is InChI=1S/C23H24N4O5/c1-13-20-17(12-19(14-3-4-14)25-22(20)32-26-13)21(28)24-18-6-5-15(11-16(18)23(29)30-2)27-7-9-31-10-8-27/h5-6,11-12,14H,3-4,7-10H2,1-2H3,(H,24,28). The number of rotatable bonds is 5. The SMILES string of the molecule is COC(=O)c1cc(N2CCOCC2)ccc1NC(=O)c1cc(C2CC2)nc2onc(C)c12. The highest BCUT2D eigenvalue weighted by Gasteiger charge is 2.29. The van der Waals surface area contributed by atoms with Crippen LogP contribution < -0.4 is 10.2 Å². The summed E-state index contributed by atoms with van der Waals surface area (Å²) in [6.45, 7) is 4.51. The van der Waals surface area contributed by atoms with Gasteiger partial charge in [0.1, 0.15) is 0 Å². The summed E-state index contributed by atoms with van der Waals surface area (Å²) in [4.78, 5) is 32.5. The summed E-state index contributed by atoms with van der Waals surface area (Å²) < 4.78 is 15.7. The van der Waals surface area contributed by atoms with E-state index in [0.29, 0.717) is 52.7 Å². The Morgan fingerprint density at radius 2 is 1.94 bits per heavy atom. The lowest BCUT2D eigenvalue weighted by Gasteiger charge is -2.29. The first-order valence-electron chi connectivity index (χ1n) is 10.7. The van der Waals surface area contributed by atoms with Gasteiger partial charge in [-0.05, 0) is 44.0 Å². The summed E-state index contributed by atoms with van der Waals surface area (Å²) in [5.41, 5.74) is 3.76. The summed E-state index contributed by atoms with van der Waals surface area (Å²) in [6, 6.07) is 7.17. The van der Waals surface area contributed by atoms with E-state index in [1.54, 1.807) is 25.1 Å². The first-order valence-corrected chi connectivity index (χ1v) is 10.7. The molecule has 0 radical (unpaired) electrons. The van der Waals surface area contributed by atoms with Crippen molar-refractivity contribution in [3.8, 4) is 0 Å². The summed E-state index contributed by atoms with van der Waals surface area (Å²) in [5, 5.41) is 7.45. The number of aromatic nitrogens is 2. The zero-order valence-corrected chi connectivity index (χ0v) is 18.0. The molecule has 9 nitrogen and oxygen atoms in total. The third-order valence-corrected chi connectivity index (χ3v) is 5.91. The predicted molar refractivity (Wildman–Crippen MR) is 117 cm³/mol. The van der Waals surface area contributed by atoms with E-state index in [2.05, 4.69) is 20.4 Å². The van der Waals surface area contributed by atoms with Crippen molar-refractivity contribution >= 4 is 34.4 Å². The Kier molecular flexibility index (Phi) is 5.26. The molecule has 2 aromatic heterocycles. The molecule has 1 saturated carbocycles. The number of morpholine rings is 1. The second kappa shape index (κ2) is 8.23. The molecule has 166 valence electrons. The van der Waals surface area contributed by atoms with E-state index in [0.717, 1.165) is 37.3 Å². The van der Waals surface area contributed by atoms with E-state index >= 15 is 0 Å². The monoisotopic (exact) mass is 436 g/mol. The number of carbonyl (C=O) groups is 2. The molecule has 1 saturated heterocycles. The molecule has 0 atom stereocenters. The van der Waals surface area contributed by atoms with E-state index in [-0.39, 0.29) is 5.91 Å². The first-order chi connectivity index (χ1) is 15.5. The molecule has 9 heteroatoms. The molecule has 0 unspecified atom stereocenters. The van der Waals surface area contributed by atoms with Crippen molar-refractivity contribution in [3.63, 3.8) is 0 Å². The fraction of sp³-hybridized carbons (Fsp3) is 0.391. The first kappa shape index (κ1) is 20.4. The topological polar surface area (TPSA) is 107 Å². The van der Waals surface area contributed by atoms with Crippen molar-refractivity contribution in [1.82, 2.24) is 10.1 Å². The van der Waals surface area contributed by atoms with Gasteiger partial charge in [-0.2, -0.15) is 0 Å². The number of benzene rings is 1. The number of amides is 1. The number of carbonyl (C=O) groups excluding carboxylic acids is 2. The van der Waals surface area contributed by atoms with Crippen molar-refractivity contribution in [2.75, 3.05) is 43.6 Å². The maximum atomic E-state index is 13.3. The van der Waals surface area contributed by atoms with Crippen LogP contribution in [0, 0.1) is 6.92 Å². The Morgan fingerprint density at radius 1 is 1.16 bits per heavy atom. The minimum Gasteiger partial charge on any atom is -0.465 e. The summed E-state index contributed by atoms with van der Waals surface area (Å²) in [5.74, 6) is -0.528. The molecule has 2 fully saturated rings. The molecule has 32 heavy (non-hydrogen) atoms. The number of nitrogens with zero attached hydrogens (tertiary/aromatic N) is 3. The molecule has 1 N–H and O–H groups in total. The van der Waals surface area contributed by atoms with Crippen molar-refractivity contribution in [2.45, 2.75) is 25.7 Å². The molecule has 1 aromatic carbocycles. The number of fused-ring (bicyclic) bond motifs is 1. The molecule has 1 amide bonds. The Morgan fingerprint density at radius 3 is 2.66 bits per heavy atom. The maximum Gasteiger partial charge on any atom is 0.340 e. The van der Waals surface area contributed by atoms with Crippen LogP contribution in [0.25, 0.3) is 11.1 Å². The summed E-state index contributed by atoms with van der Waals surface area (Å²) in [7, 11) is 1.32. The van der Waals surface area contributed by atoms with E-state index < -0.39 is 5.97 Å². The van der Waals surface area contributed by atoms with Gasteiger partial charge < -0.3 is 24.2 Å². The number of esters is 1. The van der Waals surface area contributed by atoms with Crippen LogP contribution in [0.5, 0.6) is 0 Å². The number of ether oxygens (including phenoxy) is 2. The van der Waals surface area contributed by atoms with E-state index in [9.17, 15) is 9.59 Å². The number of pyridine rings is 1. The van der Waals surface area contributed by atoms with Crippen molar-refractivity contribution in [1.29, 1.82) is 0 Å². The van der Waals surface area contributed by atoms with Crippen LogP contribution in [0.4, 0.5) is 11.4 Å². The highest BCUT2D eigenvalue weighted by molar-refractivity contribution is 6.14. The molecule has 3 aromatic rings. The summed E-state index contributed by atoms with van der Waals surface area (Å²) >= 11 is 0. The smallest absolute Gasteiger partial charge is 0.340 e. The van der Waals surface area contributed by atoms with Gasteiger partial charge in [-0.25, -0.2) is 9.78 Å². The Bertz CT molecular complexity index is 1190. The predicted octanol–water partition coefficient (Wildman–Crippen LogP) is 3.28. The van der Waals surface area contributed by atoms with Crippen molar-refractivity contribution < 1.29 is 23.6 Å². The van der Waals surface area contributed by atoms with Crippen LogP contribution in [0.1, 0.15) is 50.9 Å². The number of anilines is 2. The van der Waals surface area contributed by atoms with Crippen LogP contribution >= 0.6 is 0 Å². The van der Waals surface area contributed by atoms with Gasteiger partial charge in [0.15, 0.2) is 0 Å². The molecular formula is C23H24N4O5. The fourth-order valence-electron chi connectivity index (χ4n) is 4.01. The van der Waals surface area contributed by atoms with Crippen LogP contribution in [-0.2, 0) is 9.47 Å². The lowest BCUT2D eigenvalue weighted by Crippen LogP contribution is -2.36. The van der Waals surface area contributed by atoms with Gasteiger partial charge in [0.25, 0.3) is 11.6 Å². The quantitative estimate of drug-likeness (QED) is 0.607. The lowest BCUT2D eigenvalue weighted by molar-refractivity contribution is 0.0602. The maximum absolute atomic E-state index is 13.3. The number of nitrogens with one attached hydrogen (secondary N) is 1. The normalized spacial score (nSPS) is 16.2. The minimum absolute atomic E-state index is 0.291. The Balaban J connectivity index is 1.50. The largest absolute Gasteiger partial charge is 0.465 e. The Labute approximate surface area is 184 Å². The molecular weight excluding hydrogens is 412 g/mol.